The second-order valence-corrected chi connectivity index (χ2v) is 5.43. The van der Waals surface area contributed by atoms with Gasteiger partial charge < -0.3 is 20.4 Å². The molecule has 7 nitrogen and oxygen atoms in total. The van der Waals surface area contributed by atoms with Crippen LogP contribution in [0.2, 0.25) is 0 Å². The number of amides is 1. The summed E-state index contributed by atoms with van der Waals surface area (Å²) in [4.78, 5) is 21.1. The van der Waals surface area contributed by atoms with Crippen LogP contribution in [0.4, 0.5) is 10.7 Å². The minimum absolute atomic E-state index is 0.196. The van der Waals surface area contributed by atoms with Gasteiger partial charge in [0.05, 0.1) is 18.3 Å². The van der Waals surface area contributed by atoms with E-state index in [-0.39, 0.29) is 12.1 Å². The number of rotatable bonds is 2. The molecular weight excluding hydrogens is 260 g/mol. The van der Waals surface area contributed by atoms with E-state index >= 15 is 0 Å². The molecule has 20 heavy (non-hydrogen) atoms. The highest BCUT2D eigenvalue weighted by molar-refractivity contribution is 5.65. The van der Waals surface area contributed by atoms with Crippen molar-refractivity contribution < 1.29 is 15.0 Å². The van der Waals surface area contributed by atoms with Crippen LogP contribution in [0.25, 0.3) is 0 Å². The van der Waals surface area contributed by atoms with Gasteiger partial charge in [-0.05, 0) is 31.2 Å². The Kier molecular flexibility index (Phi) is 3.43. The third-order valence-corrected chi connectivity index (χ3v) is 3.95. The van der Waals surface area contributed by atoms with Gasteiger partial charge in [-0.3, -0.25) is 0 Å². The van der Waals surface area contributed by atoms with Crippen molar-refractivity contribution in [3.05, 3.63) is 17.5 Å². The predicted molar refractivity (Wildman–Crippen MR) is 71.4 cm³/mol. The Bertz CT molecular complexity index is 522. The van der Waals surface area contributed by atoms with E-state index < -0.39 is 6.09 Å². The number of hydrogen-bond acceptors (Lipinski definition) is 5. The second-order valence-electron chi connectivity index (χ2n) is 5.43. The van der Waals surface area contributed by atoms with Crippen molar-refractivity contribution in [3.63, 3.8) is 0 Å². The lowest BCUT2D eigenvalue weighted by atomic mass is 10.1. The fourth-order valence-corrected chi connectivity index (χ4v) is 2.81. The van der Waals surface area contributed by atoms with Crippen LogP contribution < -0.4 is 5.32 Å². The van der Waals surface area contributed by atoms with Crippen molar-refractivity contribution in [3.8, 4) is 0 Å². The van der Waals surface area contributed by atoms with Crippen LogP contribution in [0, 0.1) is 0 Å². The summed E-state index contributed by atoms with van der Waals surface area (Å²) in [5.41, 5.74) is 1.79. The van der Waals surface area contributed by atoms with Gasteiger partial charge in [0, 0.05) is 18.8 Å². The van der Waals surface area contributed by atoms with Gasteiger partial charge in [0.15, 0.2) is 0 Å². The van der Waals surface area contributed by atoms with E-state index in [0.717, 1.165) is 24.1 Å². The van der Waals surface area contributed by atoms with Crippen molar-refractivity contribution in [1.29, 1.82) is 0 Å². The topological polar surface area (TPSA) is 98.6 Å². The molecule has 0 spiro atoms. The highest BCUT2D eigenvalue weighted by Gasteiger charge is 2.25. The first-order valence-corrected chi connectivity index (χ1v) is 6.89. The van der Waals surface area contributed by atoms with E-state index in [1.807, 2.05) is 0 Å². The van der Waals surface area contributed by atoms with E-state index in [4.69, 9.17) is 5.11 Å². The standard InChI is InChI=1S/C13H18N4O3/c18-10-2-1-9(5-10)15-12-14-6-8-3-4-17(13(19)20)7-11(8)16-12/h6,9-10,18H,1-5,7H2,(H,19,20)(H,14,15,16)/t9-,10-/m0/s1. The molecule has 2 heterocycles. The molecule has 1 amide bonds. The van der Waals surface area contributed by atoms with Crippen molar-refractivity contribution in [2.75, 3.05) is 11.9 Å². The summed E-state index contributed by atoms with van der Waals surface area (Å²) in [5.74, 6) is 0.523. The van der Waals surface area contributed by atoms with Crippen molar-refractivity contribution in [2.45, 2.75) is 44.4 Å². The average molecular weight is 278 g/mol. The van der Waals surface area contributed by atoms with E-state index in [9.17, 15) is 9.90 Å². The largest absolute Gasteiger partial charge is 0.465 e. The highest BCUT2D eigenvalue weighted by Crippen LogP contribution is 2.23. The Labute approximate surface area is 116 Å². The molecule has 0 radical (unpaired) electrons. The molecule has 7 heteroatoms. The molecule has 1 aromatic rings. The molecule has 0 aromatic carbocycles. The molecule has 1 fully saturated rings. The molecule has 0 bridgehead atoms. The summed E-state index contributed by atoms with van der Waals surface area (Å²) in [7, 11) is 0. The fraction of sp³-hybridized carbons (Fsp3) is 0.615. The summed E-state index contributed by atoms with van der Waals surface area (Å²) in [6.07, 6.45) is 3.69. The van der Waals surface area contributed by atoms with Gasteiger partial charge >= 0.3 is 6.09 Å². The first-order chi connectivity index (χ1) is 9.61. The zero-order chi connectivity index (χ0) is 14.1. The number of fused-ring (bicyclic) bond motifs is 1. The third-order valence-electron chi connectivity index (χ3n) is 3.95. The summed E-state index contributed by atoms with van der Waals surface area (Å²) in [6, 6.07) is 0.196. The lowest BCUT2D eigenvalue weighted by Crippen LogP contribution is -2.35. The van der Waals surface area contributed by atoms with Crippen LogP contribution in [-0.2, 0) is 13.0 Å². The van der Waals surface area contributed by atoms with Gasteiger partial charge in [-0.1, -0.05) is 0 Å². The Morgan fingerprint density at radius 2 is 2.30 bits per heavy atom. The number of anilines is 1. The quantitative estimate of drug-likeness (QED) is 0.741. The van der Waals surface area contributed by atoms with Crippen LogP contribution in [0.1, 0.15) is 30.5 Å². The smallest absolute Gasteiger partial charge is 0.407 e. The maximum absolute atomic E-state index is 11.0. The normalized spacial score (nSPS) is 25.4. The van der Waals surface area contributed by atoms with E-state index in [0.29, 0.717) is 31.9 Å². The Morgan fingerprint density at radius 3 is 3.00 bits per heavy atom. The number of hydrogen-bond donors (Lipinski definition) is 3. The predicted octanol–water partition coefficient (Wildman–Crippen LogP) is 0.838. The molecule has 3 N–H and O–H groups in total. The average Bonchev–Trinajstić information content (AvgIpc) is 2.83. The first-order valence-electron chi connectivity index (χ1n) is 6.89. The van der Waals surface area contributed by atoms with Gasteiger partial charge in [0.1, 0.15) is 0 Å². The summed E-state index contributed by atoms with van der Waals surface area (Å²) >= 11 is 0. The number of carbonyl (C=O) groups is 1. The van der Waals surface area contributed by atoms with E-state index in [2.05, 4.69) is 15.3 Å². The lowest BCUT2D eigenvalue weighted by molar-refractivity contribution is 0.139. The lowest BCUT2D eigenvalue weighted by Gasteiger charge is -2.25. The second kappa shape index (κ2) is 5.24. The van der Waals surface area contributed by atoms with Crippen LogP contribution in [0.5, 0.6) is 0 Å². The number of aliphatic hydroxyl groups excluding tert-OH is 1. The van der Waals surface area contributed by atoms with Crippen molar-refractivity contribution in [1.82, 2.24) is 14.9 Å². The molecule has 0 unspecified atom stereocenters. The maximum atomic E-state index is 11.0. The maximum Gasteiger partial charge on any atom is 0.407 e. The zero-order valence-electron chi connectivity index (χ0n) is 11.1. The van der Waals surface area contributed by atoms with Crippen LogP contribution in [-0.4, -0.2) is 49.9 Å². The van der Waals surface area contributed by atoms with Gasteiger partial charge in [-0.25, -0.2) is 14.8 Å². The minimum Gasteiger partial charge on any atom is -0.465 e. The first kappa shape index (κ1) is 13.1. The molecular formula is C13H18N4O3. The molecule has 3 rings (SSSR count). The number of nitrogens with zero attached hydrogens (tertiary/aromatic N) is 3. The van der Waals surface area contributed by atoms with Crippen molar-refractivity contribution in [2.24, 2.45) is 0 Å². The number of aromatic nitrogens is 2. The fourth-order valence-electron chi connectivity index (χ4n) is 2.81. The number of nitrogens with one attached hydrogen (secondary N) is 1. The van der Waals surface area contributed by atoms with Gasteiger partial charge in [0.25, 0.3) is 0 Å². The summed E-state index contributed by atoms with van der Waals surface area (Å²) < 4.78 is 0. The number of carboxylic acid groups (broad SMARTS) is 1. The Balaban J connectivity index is 1.72. The summed E-state index contributed by atoms with van der Waals surface area (Å²) in [5, 5.41) is 21.8. The zero-order valence-corrected chi connectivity index (χ0v) is 11.1. The highest BCUT2D eigenvalue weighted by atomic mass is 16.4. The van der Waals surface area contributed by atoms with E-state index in [1.165, 1.54) is 4.90 Å². The minimum atomic E-state index is -0.914. The molecule has 2 atom stereocenters. The van der Waals surface area contributed by atoms with Crippen LogP contribution in [0.15, 0.2) is 6.20 Å². The monoisotopic (exact) mass is 278 g/mol. The molecule has 1 aliphatic heterocycles. The SMILES string of the molecule is O=C(O)N1CCc2cnc(N[C@H]3CC[C@H](O)C3)nc2C1. The van der Waals surface area contributed by atoms with Gasteiger partial charge in [-0.15, -0.1) is 0 Å². The van der Waals surface area contributed by atoms with Crippen LogP contribution >= 0.6 is 0 Å². The van der Waals surface area contributed by atoms with E-state index in [1.54, 1.807) is 6.20 Å². The van der Waals surface area contributed by atoms with Gasteiger partial charge in [-0.2, -0.15) is 0 Å². The number of aliphatic hydroxyl groups is 1. The van der Waals surface area contributed by atoms with Crippen molar-refractivity contribution >= 4 is 12.0 Å². The molecule has 1 aliphatic carbocycles. The molecule has 0 saturated heterocycles. The third kappa shape index (κ3) is 2.67. The Hall–Kier alpha value is -1.89. The Morgan fingerprint density at radius 1 is 1.45 bits per heavy atom. The molecule has 1 saturated carbocycles. The van der Waals surface area contributed by atoms with Gasteiger partial charge in [0.2, 0.25) is 5.95 Å². The molecule has 2 aliphatic rings. The summed E-state index contributed by atoms with van der Waals surface area (Å²) in [6.45, 7) is 0.808. The molecule has 1 aromatic heterocycles. The van der Waals surface area contributed by atoms with Crippen LogP contribution in [0.3, 0.4) is 0 Å². The molecule has 108 valence electrons.